The van der Waals surface area contributed by atoms with Gasteiger partial charge in [0.1, 0.15) is 0 Å². The Labute approximate surface area is 122 Å². The summed E-state index contributed by atoms with van der Waals surface area (Å²) in [4.78, 5) is 5.14. The maximum Gasteiger partial charge on any atom is 0.263 e. The predicted molar refractivity (Wildman–Crippen MR) is 79.5 cm³/mol. The number of aryl methyl sites for hydroxylation is 2. The Bertz CT molecular complexity index is 663. The Kier molecular flexibility index (Phi) is 4.74. The van der Waals surface area contributed by atoms with E-state index >= 15 is 0 Å². The summed E-state index contributed by atoms with van der Waals surface area (Å²) in [6, 6.07) is 6.65. The molecule has 1 aromatic heterocycles. The molecule has 2 aromatic rings. The van der Waals surface area contributed by atoms with Crippen LogP contribution in [0.2, 0.25) is 0 Å². The highest BCUT2D eigenvalue weighted by atomic mass is 32.2. The maximum atomic E-state index is 12.2. The molecule has 108 valence electrons. The first kappa shape index (κ1) is 15.0. The van der Waals surface area contributed by atoms with Crippen LogP contribution < -0.4 is 4.72 Å². The molecule has 0 bridgehead atoms. The van der Waals surface area contributed by atoms with Gasteiger partial charge in [-0.2, -0.15) is 0 Å². The van der Waals surface area contributed by atoms with E-state index in [-0.39, 0.29) is 11.5 Å². The van der Waals surface area contributed by atoms with Crippen molar-refractivity contribution in [1.29, 1.82) is 0 Å². The van der Waals surface area contributed by atoms with Crippen LogP contribution in [-0.2, 0) is 16.4 Å². The van der Waals surface area contributed by atoms with Crippen LogP contribution in [0.1, 0.15) is 16.9 Å². The van der Waals surface area contributed by atoms with Crippen molar-refractivity contribution >= 4 is 26.5 Å². The minimum Gasteiger partial charge on any atom is -0.396 e. The molecule has 0 atom stereocenters. The molecular formula is C13H16N2O3S2. The standard InChI is InChI=1S/C13H16N2O3S2/c1-10-9-14-13(19-10)15-20(17,18)12-6-4-11(5-7-12)3-2-8-16/h4-7,9,16H,2-3,8H2,1H3,(H,14,15). The predicted octanol–water partition coefficient (Wildman–Crippen LogP) is 2.18. The minimum absolute atomic E-state index is 0.130. The van der Waals surface area contributed by atoms with Gasteiger partial charge in [0.2, 0.25) is 0 Å². The smallest absolute Gasteiger partial charge is 0.263 e. The van der Waals surface area contributed by atoms with Crippen LogP contribution in [0.15, 0.2) is 35.4 Å². The molecular weight excluding hydrogens is 296 g/mol. The monoisotopic (exact) mass is 312 g/mol. The molecule has 5 nitrogen and oxygen atoms in total. The number of hydrogen-bond acceptors (Lipinski definition) is 5. The van der Waals surface area contributed by atoms with E-state index in [1.807, 2.05) is 6.92 Å². The summed E-state index contributed by atoms with van der Waals surface area (Å²) in [5.74, 6) is 0. The lowest BCUT2D eigenvalue weighted by molar-refractivity contribution is 0.288. The van der Waals surface area contributed by atoms with Crippen LogP contribution in [-0.4, -0.2) is 25.1 Å². The third-order valence-electron chi connectivity index (χ3n) is 2.70. The third-order valence-corrected chi connectivity index (χ3v) is 5.01. The minimum atomic E-state index is -3.59. The molecule has 1 aromatic carbocycles. The van der Waals surface area contributed by atoms with Crippen LogP contribution in [0.25, 0.3) is 0 Å². The number of aliphatic hydroxyl groups excluding tert-OH is 1. The van der Waals surface area contributed by atoms with Gasteiger partial charge in [0.15, 0.2) is 5.13 Å². The Hall–Kier alpha value is -1.44. The molecule has 0 aliphatic carbocycles. The number of rotatable bonds is 6. The second-order valence-electron chi connectivity index (χ2n) is 4.35. The fourth-order valence-electron chi connectivity index (χ4n) is 1.69. The first-order valence-electron chi connectivity index (χ1n) is 6.16. The van der Waals surface area contributed by atoms with Crippen molar-refractivity contribution < 1.29 is 13.5 Å². The van der Waals surface area contributed by atoms with Crippen molar-refractivity contribution in [1.82, 2.24) is 4.98 Å². The highest BCUT2D eigenvalue weighted by Crippen LogP contribution is 2.21. The second-order valence-corrected chi connectivity index (χ2v) is 7.27. The lowest BCUT2D eigenvalue weighted by Crippen LogP contribution is -2.12. The van der Waals surface area contributed by atoms with E-state index in [0.29, 0.717) is 11.6 Å². The zero-order chi connectivity index (χ0) is 14.6. The SMILES string of the molecule is Cc1cnc(NS(=O)(=O)c2ccc(CCCO)cc2)s1. The molecule has 2 rings (SSSR count). The quantitative estimate of drug-likeness (QED) is 0.857. The fraction of sp³-hybridized carbons (Fsp3) is 0.308. The van der Waals surface area contributed by atoms with E-state index < -0.39 is 10.0 Å². The zero-order valence-electron chi connectivity index (χ0n) is 11.0. The number of hydrogen-bond donors (Lipinski definition) is 2. The first-order chi connectivity index (χ1) is 9.51. The number of sulfonamides is 1. The molecule has 0 saturated carbocycles. The van der Waals surface area contributed by atoms with Gasteiger partial charge in [0.05, 0.1) is 4.90 Å². The van der Waals surface area contributed by atoms with E-state index in [4.69, 9.17) is 5.11 Å². The molecule has 7 heteroatoms. The number of aromatic nitrogens is 1. The number of thiazole rings is 1. The van der Waals surface area contributed by atoms with Crippen molar-refractivity contribution in [3.05, 3.63) is 40.9 Å². The molecule has 0 unspecified atom stereocenters. The Balaban J connectivity index is 2.13. The van der Waals surface area contributed by atoms with Gasteiger partial charge in [-0.05, 0) is 37.5 Å². The van der Waals surface area contributed by atoms with Gasteiger partial charge in [-0.3, -0.25) is 4.72 Å². The number of nitrogens with one attached hydrogen (secondary N) is 1. The molecule has 0 aliphatic rings. The highest BCUT2D eigenvalue weighted by molar-refractivity contribution is 7.93. The van der Waals surface area contributed by atoms with Crippen LogP contribution >= 0.6 is 11.3 Å². The topological polar surface area (TPSA) is 79.3 Å². The van der Waals surface area contributed by atoms with Crippen molar-refractivity contribution in [2.75, 3.05) is 11.3 Å². The Morgan fingerprint density at radius 3 is 2.55 bits per heavy atom. The van der Waals surface area contributed by atoms with Crippen LogP contribution in [0.3, 0.4) is 0 Å². The van der Waals surface area contributed by atoms with Crippen LogP contribution in [0.5, 0.6) is 0 Å². The molecule has 0 spiro atoms. The number of benzene rings is 1. The van der Waals surface area contributed by atoms with E-state index in [9.17, 15) is 8.42 Å². The van der Waals surface area contributed by atoms with E-state index in [1.165, 1.54) is 11.3 Å². The van der Waals surface area contributed by atoms with E-state index in [1.54, 1.807) is 30.5 Å². The number of aliphatic hydroxyl groups is 1. The molecule has 0 aliphatic heterocycles. The summed E-state index contributed by atoms with van der Waals surface area (Å²) in [5, 5.41) is 9.13. The van der Waals surface area contributed by atoms with E-state index in [2.05, 4.69) is 9.71 Å². The second kappa shape index (κ2) is 6.34. The van der Waals surface area contributed by atoms with Gasteiger partial charge < -0.3 is 5.11 Å². The van der Waals surface area contributed by atoms with Crippen molar-refractivity contribution in [3.63, 3.8) is 0 Å². The Morgan fingerprint density at radius 1 is 1.30 bits per heavy atom. The molecule has 0 fully saturated rings. The van der Waals surface area contributed by atoms with E-state index in [0.717, 1.165) is 16.9 Å². The lowest BCUT2D eigenvalue weighted by atomic mass is 10.1. The first-order valence-corrected chi connectivity index (χ1v) is 8.46. The Morgan fingerprint density at radius 2 is 2.00 bits per heavy atom. The van der Waals surface area contributed by atoms with Gasteiger partial charge >= 0.3 is 0 Å². The molecule has 1 heterocycles. The summed E-state index contributed by atoms with van der Waals surface area (Å²) < 4.78 is 26.8. The molecule has 0 amide bonds. The van der Waals surface area contributed by atoms with Gasteiger partial charge in [-0.1, -0.05) is 12.1 Å². The summed E-state index contributed by atoms with van der Waals surface area (Å²) in [7, 11) is -3.59. The third kappa shape index (κ3) is 3.78. The number of anilines is 1. The van der Waals surface area contributed by atoms with Crippen LogP contribution in [0, 0.1) is 6.92 Å². The average Bonchev–Trinajstić information content (AvgIpc) is 2.81. The summed E-state index contributed by atoms with van der Waals surface area (Å²) in [6.07, 6.45) is 3.03. The van der Waals surface area contributed by atoms with Gasteiger partial charge in [0.25, 0.3) is 10.0 Å². The zero-order valence-corrected chi connectivity index (χ0v) is 12.7. The largest absolute Gasteiger partial charge is 0.396 e. The summed E-state index contributed by atoms with van der Waals surface area (Å²) in [6.45, 7) is 2.00. The van der Waals surface area contributed by atoms with Crippen molar-refractivity contribution in [2.45, 2.75) is 24.7 Å². The highest BCUT2D eigenvalue weighted by Gasteiger charge is 2.15. The summed E-state index contributed by atoms with van der Waals surface area (Å²) >= 11 is 1.29. The summed E-state index contributed by atoms with van der Waals surface area (Å²) in [5.41, 5.74) is 1.00. The molecule has 20 heavy (non-hydrogen) atoms. The van der Waals surface area contributed by atoms with Gasteiger partial charge in [-0.25, -0.2) is 13.4 Å². The number of nitrogens with zero attached hydrogens (tertiary/aromatic N) is 1. The molecule has 2 N–H and O–H groups in total. The normalized spacial score (nSPS) is 11.5. The maximum absolute atomic E-state index is 12.2. The molecule has 0 saturated heterocycles. The van der Waals surface area contributed by atoms with Gasteiger partial charge in [-0.15, -0.1) is 11.3 Å². The van der Waals surface area contributed by atoms with Crippen molar-refractivity contribution in [3.8, 4) is 0 Å². The van der Waals surface area contributed by atoms with Crippen molar-refractivity contribution in [2.24, 2.45) is 0 Å². The van der Waals surface area contributed by atoms with Crippen LogP contribution in [0.4, 0.5) is 5.13 Å². The average molecular weight is 312 g/mol. The van der Waals surface area contributed by atoms with Gasteiger partial charge in [0, 0.05) is 17.7 Å². The lowest BCUT2D eigenvalue weighted by Gasteiger charge is -2.06. The fourth-order valence-corrected chi connectivity index (χ4v) is 3.60. The molecule has 0 radical (unpaired) electrons.